The first kappa shape index (κ1) is 17.0. The topological polar surface area (TPSA) is 92.9 Å². The standard InChI is InChI=1S/C8H15NO2.C2H5NO2/c1-7(2)8(10)11-6-5-9(3)4;3-1-2(4)5/h1,5-6H2,2-4H3;1,3H2,(H,4,5). The molecule has 0 aromatic rings. The fourth-order valence-corrected chi connectivity index (χ4v) is 0.444. The molecular formula is C10H20N2O4. The molecule has 0 saturated carbocycles. The number of nitrogens with two attached hydrogens (primary N) is 1. The number of esters is 1. The average Bonchev–Trinajstić information content (AvgIpc) is 2.17. The maximum atomic E-state index is 10.8. The minimum Gasteiger partial charge on any atom is -0.480 e. The lowest BCUT2D eigenvalue weighted by molar-refractivity contribution is -0.139. The lowest BCUT2D eigenvalue weighted by atomic mass is 10.4. The van der Waals surface area contributed by atoms with Crippen LogP contribution in [-0.2, 0) is 14.3 Å². The van der Waals surface area contributed by atoms with Crippen molar-refractivity contribution in [3.8, 4) is 0 Å². The van der Waals surface area contributed by atoms with Gasteiger partial charge in [0.05, 0.1) is 6.54 Å². The summed E-state index contributed by atoms with van der Waals surface area (Å²) in [6.07, 6.45) is 0. The third kappa shape index (κ3) is 15.1. The van der Waals surface area contributed by atoms with Gasteiger partial charge in [0.25, 0.3) is 0 Å². The van der Waals surface area contributed by atoms with Crippen LogP contribution in [0, 0.1) is 0 Å². The first-order valence-corrected chi connectivity index (χ1v) is 4.70. The van der Waals surface area contributed by atoms with Crippen molar-refractivity contribution in [2.24, 2.45) is 5.73 Å². The largest absolute Gasteiger partial charge is 0.480 e. The predicted octanol–water partition coefficient (Wildman–Crippen LogP) is -0.303. The number of carboxylic acids is 1. The Bertz CT molecular complexity index is 239. The smallest absolute Gasteiger partial charge is 0.333 e. The summed E-state index contributed by atoms with van der Waals surface area (Å²) in [4.78, 5) is 22.0. The van der Waals surface area contributed by atoms with Crippen LogP contribution in [0.15, 0.2) is 12.2 Å². The lowest BCUT2D eigenvalue weighted by Gasteiger charge is -2.09. The number of hydrogen-bond donors (Lipinski definition) is 2. The quantitative estimate of drug-likeness (QED) is 0.499. The van der Waals surface area contributed by atoms with E-state index in [0.717, 1.165) is 6.54 Å². The van der Waals surface area contributed by atoms with Gasteiger partial charge in [-0.1, -0.05) is 6.58 Å². The van der Waals surface area contributed by atoms with Crippen molar-refractivity contribution in [1.29, 1.82) is 0 Å². The van der Waals surface area contributed by atoms with E-state index in [-0.39, 0.29) is 12.5 Å². The number of carbonyl (C=O) groups is 2. The van der Waals surface area contributed by atoms with Gasteiger partial charge in [-0.05, 0) is 21.0 Å². The highest BCUT2D eigenvalue weighted by Gasteiger charge is 2.01. The molecule has 94 valence electrons. The van der Waals surface area contributed by atoms with Crippen LogP contribution in [0.2, 0.25) is 0 Å². The van der Waals surface area contributed by atoms with Gasteiger partial charge < -0.3 is 20.5 Å². The second-order valence-electron chi connectivity index (χ2n) is 3.32. The number of carboxylic acid groups (broad SMARTS) is 1. The Morgan fingerprint density at radius 1 is 1.44 bits per heavy atom. The molecule has 0 aliphatic carbocycles. The zero-order valence-corrected chi connectivity index (χ0v) is 10.0. The van der Waals surface area contributed by atoms with E-state index < -0.39 is 5.97 Å². The highest BCUT2D eigenvalue weighted by molar-refractivity contribution is 5.86. The van der Waals surface area contributed by atoms with E-state index in [1.54, 1.807) is 6.92 Å². The first-order chi connectivity index (χ1) is 7.31. The van der Waals surface area contributed by atoms with E-state index >= 15 is 0 Å². The monoisotopic (exact) mass is 232 g/mol. The molecule has 0 aromatic carbocycles. The summed E-state index contributed by atoms with van der Waals surface area (Å²) in [6.45, 7) is 6.00. The van der Waals surface area contributed by atoms with Crippen molar-refractivity contribution >= 4 is 11.9 Å². The first-order valence-electron chi connectivity index (χ1n) is 4.70. The Morgan fingerprint density at radius 3 is 2.12 bits per heavy atom. The fraction of sp³-hybridized carbons (Fsp3) is 0.600. The summed E-state index contributed by atoms with van der Waals surface area (Å²) < 4.78 is 4.83. The molecule has 0 aromatic heterocycles. The van der Waals surface area contributed by atoms with Crippen LogP contribution in [-0.4, -0.2) is 55.7 Å². The summed E-state index contributed by atoms with van der Waals surface area (Å²) in [6, 6.07) is 0. The van der Waals surface area contributed by atoms with E-state index in [4.69, 9.17) is 9.84 Å². The molecule has 0 fully saturated rings. The Kier molecular flexibility index (Phi) is 10.8. The molecule has 0 atom stereocenters. The third-order valence-corrected chi connectivity index (χ3v) is 1.29. The van der Waals surface area contributed by atoms with Crippen molar-refractivity contribution in [2.45, 2.75) is 6.92 Å². The number of aliphatic carboxylic acids is 1. The van der Waals surface area contributed by atoms with Crippen LogP contribution in [0.5, 0.6) is 0 Å². The number of carbonyl (C=O) groups excluding carboxylic acids is 1. The third-order valence-electron chi connectivity index (χ3n) is 1.29. The van der Waals surface area contributed by atoms with E-state index in [1.165, 1.54) is 0 Å². The van der Waals surface area contributed by atoms with Gasteiger partial charge in [-0.3, -0.25) is 4.79 Å². The molecule has 16 heavy (non-hydrogen) atoms. The number of hydrogen-bond acceptors (Lipinski definition) is 5. The van der Waals surface area contributed by atoms with E-state index in [2.05, 4.69) is 12.3 Å². The van der Waals surface area contributed by atoms with Gasteiger partial charge in [0.1, 0.15) is 6.61 Å². The minimum atomic E-state index is -0.968. The maximum Gasteiger partial charge on any atom is 0.333 e. The molecule has 0 aliphatic rings. The summed E-state index contributed by atoms with van der Waals surface area (Å²) >= 11 is 0. The Morgan fingerprint density at radius 2 is 1.88 bits per heavy atom. The van der Waals surface area contributed by atoms with E-state index in [0.29, 0.717) is 12.2 Å². The molecule has 0 rings (SSSR count). The van der Waals surface area contributed by atoms with Crippen LogP contribution in [0.3, 0.4) is 0 Å². The number of nitrogens with zero attached hydrogens (tertiary/aromatic N) is 1. The molecule has 0 radical (unpaired) electrons. The average molecular weight is 232 g/mol. The maximum absolute atomic E-state index is 10.8. The Balaban J connectivity index is 0. The Hall–Kier alpha value is -1.40. The van der Waals surface area contributed by atoms with Crippen molar-refractivity contribution < 1.29 is 19.4 Å². The molecule has 0 saturated heterocycles. The zero-order chi connectivity index (χ0) is 13.1. The normalized spacial score (nSPS) is 9.06. The summed E-state index contributed by atoms with van der Waals surface area (Å²) in [5, 5.41) is 7.60. The predicted molar refractivity (Wildman–Crippen MR) is 61.0 cm³/mol. The molecule has 0 spiro atoms. The summed E-state index contributed by atoms with van der Waals surface area (Å²) in [7, 11) is 3.85. The Labute approximate surface area is 95.7 Å². The van der Waals surface area contributed by atoms with E-state index in [1.807, 2.05) is 19.0 Å². The minimum absolute atomic E-state index is 0.278. The molecule has 6 heteroatoms. The fourth-order valence-electron chi connectivity index (χ4n) is 0.444. The number of ether oxygens (including phenoxy) is 1. The SMILES string of the molecule is C=C(C)C(=O)OCCN(C)C.NCC(=O)O. The van der Waals surface area contributed by atoms with Crippen molar-refractivity contribution in [1.82, 2.24) is 4.90 Å². The number of rotatable bonds is 5. The molecular weight excluding hydrogens is 212 g/mol. The highest BCUT2D eigenvalue weighted by Crippen LogP contribution is 1.91. The van der Waals surface area contributed by atoms with Crippen LogP contribution in [0.4, 0.5) is 0 Å². The van der Waals surface area contributed by atoms with Gasteiger partial charge in [0.15, 0.2) is 0 Å². The molecule has 3 N–H and O–H groups in total. The lowest BCUT2D eigenvalue weighted by Crippen LogP contribution is -2.20. The number of likely N-dealkylation sites (N-methyl/N-ethyl adjacent to an activating group) is 1. The molecule has 6 nitrogen and oxygen atoms in total. The van der Waals surface area contributed by atoms with Crippen LogP contribution < -0.4 is 5.73 Å². The molecule has 0 aliphatic heterocycles. The second kappa shape index (κ2) is 10.1. The van der Waals surface area contributed by atoms with Crippen molar-refractivity contribution in [2.75, 3.05) is 33.8 Å². The molecule has 0 heterocycles. The van der Waals surface area contributed by atoms with Crippen molar-refractivity contribution in [3.63, 3.8) is 0 Å². The summed E-state index contributed by atoms with van der Waals surface area (Å²) in [5.41, 5.74) is 5.02. The van der Waals surface area contributed by atoms with Crippen LogP contribution in [0.25, 0.3) is 0 Å². The molecule has 0 bridgehead atoms. The van der Waals surface area contributed by atoms with Gasteiger partial charge in [-0.2, -0.15) is 0 Å². The van der Waals surface area contributed by atoms with Gasteiger partial charge in [0.2, 0.25) is 0 Å². The van der Waals surface area contributed by atoms with Gasteiger partial charge in [-0.15, -0.1) is 0 Å². The van der Waals surface area contributed by atoms with Crippen LogP contribution >= 0.6 is 0 Å². The zero-order valence-electron chi connectivity index (χ0n) is 10.0. The molecule has 0 unspecified atom stereocenters. The van der Waals surface area contributed by atoms with E-state index in [9.17, 15) is 9.59 Å². The van der Waals surface area contributed by atoms with Crippen LogP contribution in [0.1, 0.15) is 6.92 Å². The summed E-state index contributed by atoms with van der Waals surface area (Å²) in [5.74, 6) is -1.28. The highest BCUT2D eigenvalue weighted by atomic mass is 16.5. The second-order valence-corrected chi connectivity index (χ2v) is 3.32. The van der Waals surface area contributed by atoms with Gasteiger partial charge in [0, 0.05) is 12.1 Å². The molecule has 0 amide bonds. The van der Waals surface area contributed by atoms with Gasteiger partial charge in [-0.25, -0.2) is 4.79 Å². The van der Waals surface area contributed by atoms with Gasteiger partial charge >= 0.3 is 11.9 Å². The van der Waals surface area contributed by atoms with Crippen molar-refractivity contribution in [3.05, 3.63) is 12.2 Å².